The van der Waals surface area contributed by atoms with Crippen LogP contribution in [0.2, 0.25) is 0 Å². The molecule has 2 rings (SSSR count). The molecule has 0 aliphatic rings. The minimum Gasteiger partial charge on any atom is -0.871 e. The summed E-state index contributed by atoms with van der Waals surface area (Å²) in [5, 5.41) is 12.4. The number of rotatable bonds is 2. The summed E-state index contributed by atoms with van der Waals surface area (Å²) < 4.78 is 6.02. The van der Waals surface area contributed by atoms with E-state index in [9.17, 15) is 14.7 Å². The molecule has 2 aromatic rings. The maximum atomic E-state index is 12.1. The molecule has 19 heavy (non-hydrogen) atoms. The summed E-state index contributed by atoms with van der Waals surface area (Å²) >= 11 is 0. The first-order chi connectivity index (χ1) is 8.57. The minimum atomic E-state index is -0.867. The molecule has 0 saturated heterocycles. The van der Waals surface area contributed by atoms with Crippen molar-refractivity contribution in [2.24, 2.45) is 7.05 Å². The van der Waals surface area contributed by atoms with Crippen LogP contribution < -0.4 is 40.2 Å². The van der Waals surface area contributed by atoms with Crippen molar-refractivity contribution in [1.82, 2.24) is 4.57 Å². The van der Waals surface area contributed by atoms with Gasteiger partial charge in [-0.05, 0) is 18.4 Å². The Balaban J connectivity index is 0.00000180. The predicted molar refractivity (Wildman–Crippen MR) is 64.6 cm³/mol. The number of hydrogen-bond acceptors (Lipinski definition) is 4. The number of para-hydroxylation sites is 1. The Kier molecular flexibility index (Phi) is 5.17. The molecule has 94 valence electrons. The Labute approximate surface area is 132 Å². The monoisotopic (exact) mass is 269 g/mol. The maximum absolute atomic E-state index is 12.1. The number of carbonyl (C=O) groups is 1. The molecular weight excluding hydrogens is 257 g/mol. The summed E-state index contributed by atoms with van der Waals surface area (Å²) in [7, 11) is 1.52. The Morgan fingerprint density at radius 1 is 1.37 bits per heavy atom. The summed E-state index contributed by atoms with van der Waals surface area (Å²) in [5.74, 6) is -1.44. The largest absolute Gasteiger partial charge is 1.00 e. The molecular formula is C13H12NNaO4. The number of aromatic nitrogens is 1. The van der Waals surface area contributed by atoms with Gasteiger partial charge in [0.1, 0.15) is 5.56 Å². The van der Waals surface area contributed by atoms with Gasteiger partial charge in [0, 0.05) is 7.05 Å². The second kappa shape index (κ2) is 6.23. The SMILES string of the molecule is CCOC(=O)c1c([O-])c2ccccc2n(C)c1=O.[Na+]. The Morgan fingerprint density at radius 2 is 2.00 bits per heavy atom. The molecule has 1 heterocycles. The average Bonchev–Trinajstić information content (AvgIpc) is 2.37. The zero-order valence-electron chi connectivity index (χ0n) is 11.1. The smallest absolute Gasteiger partial charge is 0.871 e. The first kappa shape index (κ1) is 15.8. The van der Waals surface area contributed by atoms with Crippen molar-refractivity contribution in [1.29, 1.82) is 0 Å². The molecule has 0 N–H and O–H groups in total. The van der Waals surface area contributed by atoms with Crippen LogP contribution in [-0.4, -0.2) is 17.1 Å². The quantitative estimate of drug-likeness (QED) is 0.458. The number of aryl methyl sites for hydroxylation is 1. The number of carbonyl (C=O) groups excluding carboxylic acids is 1. The van der Waals surface area contributed by atoms with E-state index in [1.807, 2.05) is 0 Å². The average molecular weight is 269 g/mol. The Hall–Kier alpha value is -1.30. The molecule has 0 aliphatic carbocycles. The summed E-state index contributed by atoms with van der Waals surface area (Å²) in [5.41, 5.74) is -0.559. The molecule has 0 saturated carbocycles. The fourth-order valence-corrected chi connectivity index (χ4v) is 1.85. The van der Waals surface area contributed by atoms with Crippen molar-refractivity contribution >= 4 is 16.9 Å². The standard InChI is InChI=1S/C13H13NO4.Na/c1-3-18-13(17)10-11(15)8-6-4-5-7-9(8)14(2)12(10)16;/h4-7,15H,3H2,1-2H3;/q;+1/p-1. The van der Waals surface area contributed by atoms with Crippen LogP contribution in [0.15, 0.2) is 29.1 Å². The summed E-state index contributed by atoms with van der Waals surface area (Å²) in [6.45, 7) is 1.74. The van der Waals surface area contributed by atoms with E-state index in [1.165, 1.54) is 11.6 Å². The number of fused-ring (bicyclic) bond motifs is 1. The van der Waals surface area contributed by atoms with E-state index in [1.54, 1.807) is 31.2 Å². The van der Waals surface area contributed by atoms with Crippen molar-refractivity contribution < 1.29 is 44.2 Å². The maximum Gasteiger partial charge on any atom is 1.00 e. The molecule has 0 bridgehead atoms. The molecule has 0 fully saturated rings. The summed E-state index contributed by atoms with van der Waals surface area (Å²) in [6, 6.07) is 6.65. The van der Waals surface area contributed by atoms with Crippen LogP contribution in [-0.2, 0) is 11.8 Å². The van der Waals surface area contributed by atoms with E-state index in [0.29, 0.717) is 10.9 Å². The second-order valence-corrected chi connectivity index (χ2v) is 3.81. The Bertz CT molecular complexity index is 678. The van der Waals surface area contributed by atoms with Gasteiger partial charge in [0.15, 0.2) is 0 Å². The van der Waals surface area contributed by atoms with Gasteiger partial charge in [0.05, 0.1) is 12.1 Å². The molecule has 0 unspecified atom stereocenters. The van der Waals surface area contributed by atoms with Crippen molar-refractivity contribution in [3.63, 3.8) is 0 Å². The third-order valence-corrected chi connectivity index (χ3v) is 2.74. The predicted octanol–water partition coefficient (Wildman–Crippen LogP) is -2.21. The van der Waals surface area contributed by atoms with Crippen LogP contribution in [0.3, 0.4) is 0 Å². The van der Waals surface area contributed by atoms with Gasteiger partial charge in [0.2, 0.25) is 0 Å². The van der Waals surface area contributed by atoms with Crippen LogP contribution in [0.5, 0.6) is 5.75 Å². The summed E-state index contributed by atoms with van der Waals surface area (Å²) in [6.07, 6.45) is 0. The van der Waals surface area contributed by atoms with Gasteiger partial charge in [-0.3, -0.25) is 4.79 Å². The van der Waals surface area contributed by atoms with Crippen LogP contribution in [0.4, 0.5) is 0 Å². The molecule has 1 aromatic carbocycles. The number of ether oxygens (including phenoxy) is 1. The fourth-order valence-electron chi connectivity index (χ4n) is 1.85. The third kappa shape index (κ3) is 2.68. The summed E-state index contributed by atoms with van der Waals surface area (Å²) in [4.78, 5) is 23.6. The number of pyridine rings is 1. The third-order valence-electron chi connectivity index (χ3n) is 2.74. The van der Waals surface area contributed by atoms with E-state index in [2.05, 4.69) is 0 Å². The van der Waals surface area contributed by atoms with E-state index in [-0.39, 0.29) is 36.2 Å². The molecule has 5 nitrogen and oxygen atoms in total. The normalized spacial score (nSPS) is 10.0. The molecule has 0 atom stereocenters. The van der Waals surface area contributed by atoms with Gasteiger partial charge < -0.3 is 14.4 Å². The van der Waals surface area contributed by atoms with Gasteiger partial charge in [-0.1, -0.05) is 23.9 Å². The van der Waals surface area contributed by atoms with Gasteiger partial charge in [0.25, 0.3) is 5.56 Å². The Morgan fingerprint density at radius 3 is 2.63 bits per heavy atom. The number of hydrogen-bond donors (Lipinski definition) is 0. The van der Waals surface area contributed by atoms with Crippen LogP contribution in [0, 0.1) is 0 Å². The molecule has 0 amide bonds. The topological polar surface area (TPSA) is 71.4 Å². The van der Waals surface area contributed by atoms with Crippen molar-refractivity contribution in [3.05, 3.63) is 40.2 Å². The molecule has 0 spiro atoms. The second-order valence-electron chi connectivity index (χ2n) is 3.81. The zero-order chi connectivity index (χ0) is 13.3. The van der Waals surface area contributed by atoms with Gasteiger partial charge >= 0.3 is 35.5 Å². The fraction of sp³-hybridized carbons (Fsp3) is 0.231. The molecule has 6 heteroatoms. The van der Waals surface area contributed by atoms with Crippen LogP contribution in [0.25, 0.3) is 10.9 Å². The van der Waals surface area contributed by atoms with Gasteiger partial charge in [-0.15, -0.1) is 0 Å². The van der Waals surface area contributed by atoms with Crippen molar-refractivity contribution in [3.8, 4) is 5.75 Å². The first-order valence-corrected chi connectivity index (χ1v) is 5.53. The van der Waals surface area contributed by atoms with Gasteiger partial charge in [-0.25, -0.2) is 4.79 Å². The van der Waals surface area contributed by atoms with Crippen LogP contribution in [0.1, 0.15) is 17.3 Å². The van der Waals surface area contributed by atoms with Gasteiger partial charge in [-0.2, -0.15) is 0 Å². The number of nitrogens with zero attached hydrogens (tertiary/aromatic N) is 1. The van der Waals surface area contributed by atoms with Crippen molar-refractivity contribution in [2.45, 2.75) is 6.92 Å². The zero-order valence-corrected chi connectivity index (χ0v) is 13.1. The molecule has 0 radical (unpaired) electrons. The van der Waals surface area contributed by atoms with E-state index in [0.717, 1.165) is 0 Å². The number of esters is 1. The van der Waals surface area contributed by atoms with Crippen LogP contribution >= 0.6 is 0 Å². The minimum absolute atomic E-state index is 0. The van der Waals surface area contributed by atoms with E-state index < -0.39 is 22.8 Å². The molecule has 1 aromatic heterocycles. The first-order valence-electron chi connectivity index (χ1n) is 5.53. The van der Waals surface area contributed by atoms with E-state index in [4.69, 9.17) is 4.74 Å². The van der Waals surface area contributed by atoms with Crippen molar-refractivity contribution in [2.75, 3.05) is 6.61 Å². The number of benzene rings is 1. The molecule has 0 aliphatic heterocycles. The van der Waals surface area contributed by atoms with E-state index >= 15 is 0 Å².